The third kappa shape index (κ3) is 8.78. The van der Waals surface area contributed by atoms with Gasteiger partial charge in [0.2, 0.25) is 0 Å². The smallest absolute Gasteiger partial charge is 0.504 e. The van der Waals surface area contributed by atoms with Crippen LogP contribution in [0.4, 0.5) is 0 Å². The molecule has 0 radical (unpaired) electrons. The largest absolute Gasteiger partial charge is 0.536 e. The van der Waals surface area contributed by atoms with E-state index in [-0.39, 0.29) is 18.4 Å². The Balaban J connectivity index is 1.36. The van der Waals surface area contributed by atoms with E-state index in [0.717, 1.165) is 0 Å². The summed E-state index contributed by atoms with van der Waals surface area (Å²) < 4.78 is 66.0. The number of carbonyl (C=O) groups is 3. The van der Waals surface area contributed by atoms with Gasteiger partial charge in [-0.2, -0.15) is 0 Å². The molecule has 17 heteroatoms. The Kier molecular flexibility index (Phi) is 13.8. The van der Waals surface area contributed by atoms with Crippen molar-refractivity contribution in [2.45, 2.75) is 225 Å². The van der Waals surface area contributed by atoms with Gasteiger partial charge < -0.3 is 63.0 Å². The fourth-order valence-corrected chi connectivity index (χ4v) is 10.6. The summed E-state index contributed by atoms with van der Waals surface area (Å²) in [6, 6.07) is -0.902. The van der Waals surface area contributed by atoms with Crippen LogP contribution >= 0.6 is 0 Å². The molecular weight excluding hydrogens is 805 g/mol. The molecule has 17 atom stereocenters. The monoisotopic (exact) mass is 879 g/mol. The second kappa shape index (κ2) is 17.9. The molecule has 62 heavy (non-hydrogen) atoms. The highest BCUT2D eigenvalue weighted by molar-refractivity contribution is 6.56. The topological polar surface area (TPSA) is 210 Å². The van der Waals surface area contributed by atoms with Gasteiger partial charge >= 0.3 is 24.9 Å². The standard InChI is InChI=1S/C45H73BNO15/c1-24(2)36(47)39(50)54-27(5)30-16-12-11-13-17-32(48)42(7,8)34-21-19-26(4)45(57-34)38-41(52)56-31-23-29(53-28(31)6)15-14-18-33(49)43(9,10)35-22-20-25(3)44(58-35)37(40(51)55-30)59-46(60-38,61-44)62-45/h11-12,24-38,48-49H,13-23,47H2,1-10H3/q-1/b12-11-/t25-,26-,27-,28-,29-,30+,31+,32+,33-,34+,35+,36-,37+,38+,44+,45+,46?/m1/s1. The lowest BCUT2D eigenvalue weighted by Crippen LogP contribution is -2.61. The van der Waals surface area contributed by atoms with Crippen LogP contribution in [0, 0.1) is 28.6 Å². The summed E-state index contributed by atoms with van der Waals surface area (Å²) in [7, 11) is 0. The van der Waals surface area contributed by atoms with E-state index in [1.807, 2.05) is 74.5 Å². The Morgan fingerprint density at radius 3 is 1.90 bits per heavy atom. The van der Waals surface area contributed by atoms with Crippen molar-refractivity contribution in [1.29, 1.82) is 0 Å². The second-order valence-electron chi connectivity index (χ2n) is 20.9. The molecule has 7 rings (SSSR count). The average molecular weight is 879 g/mol. The maximum Gasteiger partial charge on any atom is 0.536 e. The molecule has 0 amide bonds. The molecule has 0 aromatic heterocycles. The number of aliphatic hydroxyl groups is 2. The zero-order valence-electron chi connectivity index (χ0n) is 38.4. The number of aliphatic hydroxyl groups excluding tert-OH is 2. The summed E-state index contributed by atoms with van der Waals surface area (Å²) >= 11 is 0. The fourth-order valence-electron chi connectivity index (χ4n) is 10.6. The first-order chi connectivity index (χ1) is 29.0. The number of rotatable bonds is 4. The lowest BCUT2D eigenvalue weighted by atomic mass is 9.73. The third-order valence-electron chi connectivity index (χ3n) is 15.5. The van der Waals surface area contributed by atoms with Crippen molar-refractivity contribution in [3.05, 3.63) is 12.2 Å². The molecule has 6 saturated heterocycles. The summed E-state index contributed by atoms with van der Waals surface area (Å²) in [4.78, 5) is 42.9. The first-order valence-corrected chi connectivity index (χ1v) is 23.3. The molecule has 9 bridgehead atoms. The van der Waals surface area contributed by atoms with Crippen molar-refractivity contribution in [2.24, 2.45) is 34.3 Å². The molecule has 3 spiro atoms. The minimum atomic E-state index is -3.53. The van der Waals surface area contributed by atoms with Crippen LogP contribution in [0.15, 0.2) is 12.2 Å². The molecule has 0 saturated carbocycles. The molecule has 1 unspecified atom stereocenters. The molecule has 0 aromatic carbocycles. The summed E-state index contributed by atoms with van der Waals surface area (Å²) in [5.74, 6) is -7.31. The number of fused-ring (bicyclic) bond motifs is 6. The Labute approximate surface area is 366 Å². The molecule has 0 aromatic rings. The van der Waals surface area contributed by atoms with E-state index < -0.39 is 126 Å². The molecule has 352 valence electrons. The number of hydrogen-bond acceptors (Lipinski definition) is 16. The molecular formula is C45H73BNO15-. The Morgan fingerprint density at radius 1 is 0.790 bits per heavy atom. The SMILES string of the molecule is CC(C)[C@@H](N)C(=O)O[C@H](C)[C@@H]1C/C=C\CC[C@H](O)C(C)(C)[C@@H]2CC[C@@H](C)[C@]3(O2)O[B-]24O[C@@H](C(=O)O1)[C@@]1(O[C@@H](CC[C@H]1C)C(C)(C)[C@H](O)CCC[C@@H]1C[C@H](OC(=O)[C@@H]3O2)[C@@H](C)O1)O4. The molecule has 6 fully saturated rings. The Bertz CT molecular complexity index is 1680. The van der Waals surface area contributed by atoms with Gasteiger partial charge in [-0.15, -0.1) is 0 Å². The van der Waals surface area contributed by atoms with Gasteiger partial charge in [-0.3, -0.25) is 4.79 Å². The van der Waals surface area contributed by atoms with E-state index in [9.17, 15) is 19.8 Å². The summed E-state index contributed by atoms with van der Waals surface area (Å²) in [6.45, 7) is 15.1. The number of ether oxygens (including phenoxy) is 6. The highest BCUT2D eigenvalue weighted by Gasteiger charge is 2.73. The van der Waals surface area contributed by atoms with Crippen molar-refractivity contribution in [2.75, 3.05) is 0 Å². The van der Waals surface area contributed by atoms with Crippen molar-refractivity contribution < 1.29 is 71.6 Å². The van der Waals surface area contributed by atoms with Crippen LogP contribution in [0.5, 0.6) is 0 Å². The Morgan fingerprint density at radius 2 is 1.34 bits per heavy atom. The van der Waals surface area contributed by atoms with Gasteiger partial charge in [0.15, 0.2) is 23.8 Å². The first kappa shape index (κ1) is 47.8. The minimum absolute atomic E-state index is 0.142. The highest BCUT2D eigenvalue weighted by Crippen LogP contribution is 2.57. The van der Waals surface area contributed by atoms with Gasteiger partial charge in [0.1, 0.15) is 24.4 Å². The van der Waals surface area contributed by atoms with Gasteiger partial charge in [-0.25, -0.2) is 9.59 Å². The zero-order chi connectivity index (χ0) is 45.2. The van der Waals surface area contributed by atoms with Crippen LogP contribution in [-0.2, 0) is 61.4 Å². The van der Waals surface area contributed by atoms with Gasteiger partial charge in [-0.1, -0.05) is 67.5 Å². The summed E-state index contributed by atoms with van der Waals surface area (Å²) in [6.07, 6.45) is -0.362. The second-order valence-corrected chi connectivity index (χ2v) is 20.9. The van der Waals surface area contributed by atoms with Crippen LogP contribution in [0.1, 0.15) is 140 Å². The van der Waals surface area contributed by atoms with Gasteiger partial charge in [0.05, 0.1) is 36.6 Å². The van der Waals surface area contributed by atoms with Crippen molar-refractivity contribution in [3.63, 3.8) is 0 Å². The maximum absolute atomic E-state index is 15.0. The van der Waals surface area contributed by atoms with Gasteiger partial charge in [-0.05, 0) is 77.6 Å². The highest BCUT2D eigenvalue weighted by atomic mass is 17.0. The van der Waals surface area contributed by atoms with Crippen LogP contribution in [0.3, 0.4) is 0 Å². The van der Waals surface area contributed by atoms with Crippen LogP contribution < -0.4 is 5.73 Å². The predicted molar refractivity (Wildman–Crippen MR) is 223 cm³/mol. The maximum atomic E-state index is 15.0. The van der Waals surface area contributed by atoms with E-state index in [1.165, 1.54) is 0 Å². The number of carbonyl (C=O) groups excluding carboxylic acids is 3. The predicted octanol–water partition coefficient (Wildman–Crippen LogP) is 4.89. The van der Waals surface area contributed by atoms with E-state index in [1.54, 1.807) is 6.92 Å². The number of nitrogens with two attached hydrogens (primary N) is 1. The molecule has 16 nitrogen and oxygen atoms in total. The van der Waals surface area contributed by atoms with E-state index >= 15 is 4.79 Å². The Hall–Kier alpha value is -2.19. The quantitative estimate of drug-likeness (QED) is 0.149. The molecule has 4 N–H and O–H groups in total. The van der Waals surface area contributed by atoms with Gasteiger partial charge in [0.25, 0.3) is 0 Å². The average Bonchev–Trinajstić information content (AvgIpc) is 3.84. The van der Waals surface area contributed by atoms with Crippen molar-refractivity contribution >= 4 is 24.9 Å². The van der Waals surface area contributed by atoms with Crippen LogP contribution in [-0.4, -0.2) is 120 Å². The molecule has 7 heterocycles. The van der Waals surface area contributed by atoms with E-state index in [0.29, 0.717) is 64.2 Å². The zero-order valence-corrected chi connectivity index (χ0v) is 38.4. The van der Waals surface area contributed by atoms with Crippen molar-refractivity contribution in [1.82, 2.24) is 0 Å². The molecule has 0 aliphatic carbocycles. The number of cyclic esters (lactones) is 1. The van der Waals surface area contributed by atoms with Gasteiger partial charge in [0, 0.05) is 35.5 Å². The van der Waals surface area contributed by atoms with E-state index in [4.69, 9.17) is 52.8 Å². The fraction of sp³-hybridized carbons (Fsp3) is 0.889. The lowest BCUT2D eigenvalue weighted by Gasteiger charge is -2.52. The summed E-state index contributed by atoms with van der Waals surface area (Å²) in [5.41, 5.74) is 4.48. The number of hydrogen-bond donors (Lipinski definition) is 3. The van der Waals surface area contributed by atoms with Crippen molar-refractivity contribution in [3.8, 4) is 0 Å². The minimum Gasteiger partial charge on any atom is -0.504 e. The van der Waals surface area contributed by atoms with E-state index in [2.05, 4.69) is 0 Å². The van der Waals surface area contributed by atoms with Crippen LogP contribution in [0.25, 0.3) is 0 Å². The number of allylic oxidation sites excluding steroid dienone is 1. The molecule has 7 aliphatic heterocycles. The number of esters is 3. The van der Waals surface area contributed by atoms with Crippen LogP contribution in [0.2, 0.25) is 0 Å². The first-order valence-electron chi connectivity index (χ1n) is 23.3. The normalized spacial score (nSPS) is 46.3. The third-order valence-corrected chi connectivity index (χ3v) is 15.5. The molecule has 7 aliphatic rings. The summed E-state index contributed by atoms with van der Waals surface area (Å²) in [5, 5.41) is 23.6. The lowest BCUT2D eigenvalue weighted by molar-refractivity contribution is -0.311.